The minimum atomic E-state index is -1.29. The van der Waals surface area contributed by atoms with Gasteiger partial charge in [0.1, 0.15) is 11.4 Å². The number of hydrogen-bond donors (Lipinski definition) is 3. The van der Waals surface area contributed by atoms with Gasteiger partial charge < -0.3 is 20.3 Å². The summed E-state index contributed by atoms with van der Waals surface area (Å²) in [4.78, 5) is 10.4. The van der Waals surface area contributed by atoms with E-state index in [-0.39, 0.29) is 5.75 Å². The molecule has 0 saturated heterocycles. The van der Waals surface area contributed by atoms with Crippen LogP contribution in [0.3, 0.4) is 0 Å². The molecule has 0 bridgehead atoms. The van der Waals surface area contributed by atoms with Gasteiger partial charge in [-0.3, -0.25) is 0 Å². The number of phenolic OH excluding ortho intramolecular Hbond substituents is 1. The Morgan fingerprint density at radius 3 is 2.44 bits per heavy atom. The van der Waals surface area contributed by atoms with Gasteiger partial charge in [0.2, 0.25) is 0 Å². The summed E-state index contributed by atoms with van der Waals surface area (Å²) < 4.78 is 4.69. The Hall–Kier alpha value is -1.91. The average Bonchev–Trinajstić information content (AvgIpc) is 2.15. The van der Waals surface area contributed by atoms with Crippen LogP contribution in [0.5, 0.6) is 5.75 Å². The normalized spacial score (nSPS) is 10.9. The second-order valence-corrected chi connectivity index (χ2v) is 4.03. The number of carbonyl (C=O) groups is 1. The van der Waals surface area contributed by atoms with Crippen LogP contribution >= 0.6 is 0 Å². The Morgan fingerprint density at radius 2 is 1.94 bits per heavy atom. The van der Waals surface area contributed by atoms with E-state index in [4.69, 9.17) is 10.2 Å². The summed E-state index contributed by atoms with van der Waals surface area (Å²) in [6.07, 6.45) is -1.29. The van der Waals surface area contributed by atoms with Crippen molar-refractivity contribution in [1.82, 2.24) is 0 Å². The minimum Gasteiger partial charge on any atom is -0.508 e. The van der Waals surface area contributed by atoms with Gasteiger partial charge in [-0.15, -0.1) is 0 Å². The van der Waals surface area contributed by atoms with Crippen molar-refractivity contribution in [3.8, 4) is 5.75 Å². The molecular formula is C11H15NO4. The number of aromatic hydroxyl groups is 1. The number of nitrogens with one attached hydrogen (secondary N) is 1. The van der Waals surface area contributed by atoms with Crippen molar-refractivity contribution in [3.05, 3.63) is 24.3 Å². The Labute approximate surface area is 93.7 Å². The van der Waals surface area contributed by atoms with E-state index in [0.717, 1.165) is 5.69 Å². The van der Waals surface area contributed by atoms with E-state index in [1.165, 1.54) is 0 Å². The van der Waals surface area contributed by atoms with Gasteiger partial charge in [-0.2, -0.15) is 0 Å². The van der Waals surface area contributed by atoms with Crippen molar-refractivity contribution in [2.75, 3.05) is 11.9 Å². The summed E-state index contributed by atoms with van der Waals surface area (Å²) in [6, 6.07) is 6.50. The molecule has 0 fully saturated rings. The first-order valence-electron chi connectivity index (χ1n) is 4.84. The fourth-order valence-corrected chi connectivity index (χ4v) is 1.17. The Morgan fingerprint density at radius 1 is 1.38 bits per heavy atom. The van der Waals surface area contributed by atoms with Gasteiger partial charge in [-0.1, -0.05) is 0 Å². The molecule has 1 aromatic rings. The lowest BCUT2D eigenvalue weighted by molar-refractivity contribution is 0.0116. The van der Waals surface area contributed by atoms with Gasteiger partial charge in [0.15, 0.2) is 0 Å². The predicted molar refractivity (Wildman–Crippen MR) is 59.8 cm³/mol. The van der Waals surface area contributed by atoms with E-state index in [2.05, 4.69) is 10.1 Å². The second-order valence-electron chi connectivity index (χ2n) is 4.03. The lowest BCUT2D eigenvalue weighted by atomic mass is 10.1. The molecule has 0 unspecified atom stereocenters. The fraction of sp³-hybridized carbons (Fsp3) is 0.364. The smallest absolute Gasteiger partial charge is 0.506 e. The van der Waals surface area contributed by atoms with E-state index >= 15 is 0 Å². The van der Waals surface area contributed by atoms with Crippen molar-refractivity contribution in [2.45, 2.75) is 19.4 Å². The maximum Gasteiger partial charge on any atom is 0.506 e. The van der Waals surface area contributed by atoms with Gasteiger partial charge in [-0.25, -0.2) is 4.79 Å². The van der Waals surface area contributed by atoms with E-state index < -0.39 is 11.8 Å². The molecule has 5 heteroatoms. The molecule has 0 atom stereocenters. The van der Waals surface area contributed by atoms with Gasteiger partial charge in [0.05, 0.1) is 6.54 Å². The lowest BCUT2D eigenvalue weighted by Gasteiger charge is -2.24. The van der Waals surface area contributed by atoms with Crippen molar-refractivity contribution in [2.24, 2.45) is 0 Å². The van der Waals surface area contributed by atoms with Crippen LogP contribution in [0.2, 0.25) is 0 Å². The number of anilines is 1. The Balaban J connectivity index is 2.50. The molecule has 1 rings (SSSR count). The molecule has 3 N–H and O–H groups in total. The maximum absolute atomic E-state index is 10.4. The quantitative estimate of drug-likeness (QED) is 0.541. The molecule has 0 aliphatic carbocycles. The van der Waals surface area contributed by atoms with E-state index in [1.54, 1.807) is 38.1 Å². The van der Waals surface area contributed by atoms with Crippen molar-refractivity contribution in [3.63, 3.8) is 0 Å². The molecule has 0 aliphatic heterocycles. The summed E-state index contributed by atoms with van der Waals surface area (Å²) in [5, 5.41) is 20.6. The average molecular weight is 225 g/mol. The third kappa shape index (κ3) is 4.08. The molecule has 0 amide bonds. The Kier molecular flexibility index (Phi) is 3.60. The first-order valence-corrected chi connectivity index (χ1v) is 4.84. The van der Waals surface area contributed by atoms with Crippen molar-refractivity contribution < 1.29 is 19.7 Å². The van der Waals surface area contributed by atoms with Crippen LogP contribution in [0, 0.1) is 0 Å². The van der Waals surface area contributed by atoms with Crippen LogP contribution in [0.4, 0.5) is 10.5 Å². The standard InChI is InChI=1S/C11H15NO4/c1-11(2,16-10(14)15)7-12-8-3-5-9(13)6-4-8/h3-6,12-13H,7H2,1-2H3,(H,14,15). The highest BCUT2D eigenvalue weighted by Crippen LogP contribution is 2.16. The SMILES string of the molecule is CC(C)(CNc1ccc(O)cc1)OC(=O)O. The maximum atomic E-state index is 10.4. The molecule has 0 aromatic heterocycles. The third-order valence-corrected chi connectivity index (χ3v) is 1.95. The highest BCUT2D eigenvalue weighted by Gasteiger charge is 2.22. The molecule has 0 radical (unpaired) electrons. The summed E-state index contributed by atoms with van der Waals surface area (Å²) >= 11 is 0. The van der Waals surface area contributed by atoms with Gasteiger partial charge in [0, 0.05) is 5.69 Å². The van der Waals surface area contributed by atoms with Crippen LogP contribution in [0.15, 0.2) is 24.3 Å². The fourth-order valence-electron chi connectivity index (χ4n) is 1.17. The third-order valence-electron chi connectivity index (χ3n) is 1.95. The summed E-state index contributed by atoms with van der Waals surface area (Å²) in [5.74, 6) is 0.187. The molecule has 88 valence electrons. The van der Waals surface area contributed by atoms with Crippen LogP contribution in [-0.2, 0) is 4.74 Å². The number of phenols is 1. The molecule has 0 saturated carbocycles. The van der Waals surface area contributed by atoms with E-state index in [0.29, 0.717) is 6.54 Å². The summed E-state index contributed by atoms with van der Waals surface area (Å²) in [5.41, 5.74) is -0.0103. The number of rotatable bonds is 4. The highest BCUT2D eigenvalue weighted by molar-refractivity contribution is 5.57. The van der Waals surface area contributed by atoms with Crippen LogP contribution in [0.1, 0.15) is 13.8 Å². The van der Waals surface area contributed by atoms with Gasteiger partial charge in [0.25, 0.3) is 0 Å². The molecule has 5 nitrogen and oxygen atoms in total. The predicted octanol–water partition coefficient (Wildman–Crippen LogP) is 2.28. The first kappa shape index (κ1) is 12.2. The van der Waals surface area contributed by atoms with E-state index in [9.17, 15) is 4.79 Å². The number of carboxylic acid groups (broad SMARTS) is 1. The number of benzene rings is 1. The molecule has 0 heterocycles. The molecular weight excluding hydrogens is 210 g/mol. The van der Waals surface area contributed by atoms with Crippen LogP contribution < -0.4 is 5.32 Å². The zero-order chi connectivity index (χ0) is 12.2. The van der Waals surface area contributed by atoms with Crippen LogP contribution in [-0.4, -0.2) is 28.5 Å². The van der Waals surface area contributed by atoms with Crippen molar-refractivity contribution >= 4 is 11.8 Å². The molecule has 0 spiro atoms. The largest absolute Gasteiger partial charge is 0.508 e. The highest BCUT2D eigenvalue weighted by atomic mass is 16.7. The number of hydrogen-bond acceptors (Lipinski definition) is 4. The zero-order valence-corrected chi connectivity index (χ0v) is 9.23. The summed E-state index contributed by atoms with van der Waals surface area (Å²) in [7, 11) is 0. The van der Waals surface area contributed by atoms with Gasteiger partial charge in [-0.05, 0) is 38.1 Å². The monoisotopic (exact) mass is 225 g/mol. The van der Waals surface area contributed by atoms with Crippen LogP contribution in [0.25, 0.3) is 0 Å². The second kappa shape index (κ2) is 4.74. The lowest BCUT2D eigenvalue weighted by Crippen LogP contribution is -2.35. The topological polar surface area (TPSA) is 78.8 Å². The Bertz CT molecular complexity index is 359. The molecule has 16 heavy (non-hydrogen) atoms. The molecule has 0 aliphatic rings. The first-order chi connectivity index (χ1) is 7.39. The number of ether oxygens (including phenoxy) is 1. The van der Waals surface area contributed by atoms with E-state index in [1.807, 2.05) is 0 Å². The summed E-state index contributed by atoms with van der Waals surface area (Å²) in [6.45, 7) is 3.70. The molecule has 1 aromatic carbocycles. The zero-order valence-electron chi connectivity index (χ0n) is 9.23. The minimum absolute atomic E-state index is 0.187. The van der Waals surface area contributed by atoms with Gasteiger partial charge >= 0.3 is 6.16 Å². The van der Waals surface area contributed by atoms with Crippen molar-refractivity contribution in [1.29, 1.82) is 0 Å².